The van der Waals surface area contributed by atoms with E-state index in [0.29, 0.717) is 6.29 Å². The average molecular weight is 248 g/mol. The fraction of sp³-hybridized carbons (Fsp3) is 0.0714. The second kappa shape index (κ2) is 4.96. The Morgan fingerprint density at radius 2 is 1.89 bits per heavy atom. The number of hydrogen-bond donors (Lipinski definition) is 0. The maximum atomic E-state index is 13.5. The summed E-state index contributed by atoms with van der Waals surface area (Å²) in [5.41, 5.74) is 0.811. The summed E-state index contributed by atoms with van der Waals surface area (Å²) in [7, 11) is 0. The summed E-state index contributed by atoms with van der Waals surface area (Å²) in [6.07, 6.45) is 0.464. The van der Waals surface area contributed by atoms with Crippen LogP contribution in [0.4, 0.5) is 8.78 Å². The third kappa shape index (κ3) is 2.37. The first-order chi connectivity index (χ1) is 8.61. The standard InChI is InChI=1S/C14H10F2O2/c1-9-5-6-11(15)13(7-9)18-14-10(8-17)3-2-4-12(14)16/h2-8H,1H3. The van der Waals surface area contributed by atoms with Crippen molar-refractivity contribution in [3.63, 3.8) is 0 Å². The molecule has 0 aliphatic carbocycles. The van der Waals surface area contributed by atoms with Crippen LogP contribution in [-0.4, -0.2) is 6.29 Å². The van der Waals surface area contributed by atoms with Crippen LogP contribution < -0.4 is 4.74 Å². The fourth-order valence-electron chi connectivity index (χ4n) is 1.52. The van der Waals surface area contributed by atoms with E-state index < -0.39 is 11.6 Å². The first-order valence-corrected chi connectivity index (χ1v) is 5.29. The molecule has 2 aromatic carbocycles. The first-order valence-electron chi connectivity index (χ1n) is 5.29. The van der Waals surface area contributed by atoms with Crippen LogP contribution >= 0.6 is 0 Å². The van der Waals surface area contributed by atoms with Crippen LogP contribution in [0.5, 0.6) is 11.5 Å². The van der Waals surface area contributed by atoms with Crippen molar-refractivity contribution in [1.29, 1.82) is 0 Å². The monoisotopic (exact) mass is 248 g/mol. The summed E-state index contributed by atoms with van der Waals surface area (Å²) in [4.78, 5) is 10.8. The van der Waals surface area contributed by atoms with E-state index >= 15 is 0 Å². The normalized spacial score (nSPS) is 10.2. The molecule has 0 amide bonds. The summed E-state index contributed by atoms with van der Waals surface area (Å²) in [5, 5.41) is 0. The van der Waals surface area contributed by atoms with E-state index in [1.165, 1.54) is 24.3 Å². The lowest BCUT2D eigenvalue weighted by atomic mass is 10.2. The lowest BCUT2D eigenvalue weighted by Crippen LogP contribution is -1.96. The molecule has 0 unspecified atom stereocenters. The number of aldehydes is 1. The summed E-state index contributed by atoms with van der Waals surface area (Å²) >= 11 is 0. The van der Waals surface area contributed by atoms with Gasteiger partial charge in [0.15, 0.2) is 29.4 Å². The maximum absolute atomic E-state index is 13.5. The molecule has 0 spiro atoms. The number of rotatable bonds is 3. The second-order valence-corrected chi connectivity index (χ2v) is 3.81. The van der Waals surface area contributed by atoms with Gasteiger partial charge in [-0.2, -0.15) is 0 Å². The van der Waals surface area contributed by atoms with E-state index in [1.807, 2.05) is 0 Å². The van der Waals surface area contributed by atoms with Crippen LogP contribution in [0.2, 0.25) is 0 Å². The van der Waals surface area contributed by atoms with Crippen molar-refractivity contribution in [3.05, 3.63) is 59.2 Å². The van der Waals surface area contributed by atoms with Crippen LogP contribution in [0.25, 0.3) is 0 Å². The number of halogens is 2. The average Bonchev–Trinajstić information content (AvgIpc) is 2.36. The van der Waals surface area contributed by atoms with Gasteiger partial charge in [0.05, 0.1) is 5.56 Å². The van der Waals surface area contributed by atoms with Gasteiger partial charge in [0.1, 0.15) is 0 Å². The molecule has 4 heteroatoms. The largest absolute Gasteiger partial charge is 0.450 e. The highest BCUT2D eigenvalue weighted by Crippen LogP contribution is 2.29. The van der Waals surface area contributed by atoms with E-state index in [0.717, 1.165) is 11.6 Å². The lowest BCUT2D eigenvalue weighted by molar-refractivity contribution is 0.112. The minimum Gasteiger partial charge on any atom is -0.450 e. The molecule has 2 aromatic rings. The minimum atomic E-state index is -0.708. The molecule has 18 heavy (non-hydrogen) atoms. The van der Waals surface area contributed by atoms with Crippen molar-refractivity contribution in [3.8, 4) is 11.5 Å². The molecule has 0 bridgehead atoms. The molecule has 0 aliphatic rings. The van der Waals surface area contributed by atoms with Crippen LogP contribution in [0, 0.1) is 18.6 Å². The zero-order chi connectivity index (χ0) is 13.1. The number of ether oxygens (including phenoxy) is 1. The van der Waals surface area contributed by atoms with E-state index in [4.69, 9.17) is 4.74 Å². The van der Waals surface area contributed by atoms with Crippen molar-refractivity contribution in [2.24, 2.45) is 0 Å². The third-order valence-corrected chi connectivity index (χ3v) is 2.42. The predicted molar refractivity (Wildman–Crippen MR) is 63.0 cm³/mol. The Morgan fingerprint density at radius 3 is 2.61 bits per heavy atom. The van der Waals surface area contributed by atoms with Crippen LogP contribution in [0.1, 0.15) is 15.9 Å². The molecule has 2 rings (SSSR count). The predicted octanol–water partition coefficient (Wildman–Crippen LogP) is 3.88. The van der Waals surface area contributed by atoms with E-state index in [1.54, 1.807) is 13.0 Å². The number of carbonyl (C=O) groups is 1. The van der Waals surface area contributed by atoms with Gasteiger partial charge in [-0.3, -0.25) is 4.79 Å². The smallest absolute Gasteiger partial charge is 0.173 e. The summed E-state index contributed by atoms with van der Waals surface area (Å²) in [6, 6.07) is 8.18. The Bertz CT molecular complexity index is 594. The molecule has 0 fully saturated rings. The molecule has 0 saturated carbocycles. The van der Waals surface area contributed by atoms with Crippen molar-refractivity contribution in [2.45, 2.75) is 6.92 Å². The highest BCUT2D eigenvalue weighted by molar-refractivity contribution is 5.79. The number of para-hydroxylation sites is 1. The molecular formula is C14H10F2O2. The second-order valence-electron chi connectivity index (χ2n) is 3.81. The van der Waals surface area contributed by atoms with Gasteiger partial charge in [-0.05, 0) is 36.8 Å². The Labute approximate surface area is 103 Å². The minimum absolute atomic E-state index is 0.0379. The number of carbonyl (C=O) groups excluding carboxylic acids is 1. The van der Waals surface area contributed by atoms with E-state index in [-0.39, 0.29) is 17.1 Å². The molecule has 0 N–H and O–H groups in total. The van der Waals surface area contributed by atoms with Crippen molar-refractivity contribution < 1.29 is 18.3 Å². The lowest BCUT2D eigenvalue weighted by Gasteiger charge is -2.10. The molecule has 92 valence electrons. The highest BCUT2D eigenvalue weighted by atomic mass is 19.1. The van der Waals surface area contributed by atoms with Gasteiger partial charge in [-0.1, -0.05) is 12.1 Å². The SMILES string of the molecule is Cc1ccc(F)c(Oc2c(F)cccc2C=O)c1. The Kier molecular flexibility index (Phi) is 3.37. The van der Waals surface area contributed by atoms with E-state index in [2.05, 4.69) is 0 Å². The van der Waals surface area contributed by atoms with Gasteiger partial charge in [0.2, 0.25) is 0 Å². The van der Waals surface area contributed by atoms with Gasteiger partial charge >= 0.3 is 0 Å². The van der Waals surface area contributed by atoms with Gasteiger partial charge in [-0.25, -0.2) is 8.78 Å². The first kappa shape index (κ1) is 12.2. The quantitative estimate of drug-likeness (QED) is 0.770. The van der Waals surface area contributed by atoms with Crippen molar-refractivity contribution in [1.82, 2.24) is 0 Å². The molecule has 0 saturated heterocycles. The summed E-state index contributed by atoms with van der Waals surface area (Å²) < 4.78 is 32.2. The topological polar surface area (TPSA) is 26.3 Å². The molecule has 0 aliphatic heterocycles. The van der Waals surface area contributed by atoms with Gasteiger partial charge in [-0.15, -0.1) is 0 Å². The number of aryl methyl sites for hydroxylation is 1. The fourth-order valence-corrected chi connectivity index (χ4v) is 1.52. The Balaban J connectivity index is 2.45. The molecule has 0 radical (unpaired) electrons. The molecule has 2 nitrogen and oxygen atoms in total. The van der Waals surface area contributed by atoms with Crippen molar-refractivity contribution in [2.75, 3.05) is 0 Å². The van der Waals surface area contributed by atoms with Crippen LogP contribution in [0.3, 0.4) is 0 Å². The highest BCUT2D eigenvalue weighted by Gasteiger charge is 2.13. The van der Waals surface area contributed by atoms with Crippen molar-refractivity contribution >= 4 is 6.29 Å². The maximum Gasteiger partial charge on any atom is 0.173 e. The summed E-state index contributed by atoms with van der Waals surface area (Å²) in [6.45, 7) is 1.76. The molecule has 0 atom stereocenters. The van der Waals surface area contributed by atoms with Crippen LogP contribution in [0.15, 0.2) is 36.4 Å². The van der Waals surface area contributed by atoms with E-state index in [9.17, 15) is 13.6 Å². The van der Waals surface area contributed by atoms with Crippen LogP contribution in [-0.2, 0) is 0 Å². The summed E-state index contributed by atoms with van der Waals surface area (Å²) in [5.74, 6) is -1.69. The third-order valence-electron chi connectivity index (χ3n) is 2.42. The molecule has 0 heterocycles. The number of hydrogen-bond acceptors (Lipinski definition) is 2. The zero-order valence-corrected chi connectivity index (χ0v) is 9.61. The van der Waals surface area contributed by atoms with Gasteiger partial charge in [0, 0.05) is 0 Å². The Morgan fingerprint density at radius 1 is 1.11 bits per heavy atom. The molecule has 0 aromatic heterocycles. The zero-order valence-electron chi connectivity index (χ0n) is 9.61. The Hall–Kier alpha value is -2.23. The number of benzene rings is 2. The van der Waals surface area contributed by atoms with Gasteiger partial charge < -0.3 is 4.74 Å². The van der Waals surface area contributed by atoms with Gasteiger partial charge in [0.25, 0.3) is 0 Å². The molecular weight excluding hydrogens is 238 g/mol.